The van der Waals surface area contributed by atoms with Gasteiger partial charge in [-0.25, -0.2) is 0 Å². The quantitative estimate of drug-likeness (QED) is 0.644. The van der Waals surface area contributed by atoms with E-state index in [1.165, 1.54) is 6.92 Å². The van der Waals surface area contributed by atoms with E-state index >= 15 is 0 Å². The van der Waals surface area contributed by atoms with Crippen LogP contribution in [0.5, 0.6) is 0 Å². The van der Waals surface area contributed by atoms with Crippen LogP contribution in [0.3, 0.4) is 0 Å². The summed E-state index contributed by atoms with van der Waals surface area (Å²) in [7, 11) is 1.94. The molecule has 1 rings (SSSR count). The van der Waals surface area contributed by atoms with Gasteiger partial charge >= 0.3 is 0 Å². The number of amides is 2. The minimum Gasteiger partial charge on any atom is -0.343 e. The zero-order valence-corrected chi connectivity index (χ0v) is 9.49. The highest BCUT2D eigenvalue weighted by Crippen LogP contribution is 2.04. The van der Waals surface area contributed by atoms with E-state index in [9.17, 15) is 9.59 Å². The molecule has 0 unspecified atom stereocenters. The van der Waals surface area contributed by atoms with Crippen LogP contribution in [-0.4, -0.2) is 60.2 Å². The van der Waals surface area contributed by atoms with Crippen LogP contribution >= 0.6 is 0 Å². The molecular formula is C9H18N4O2. The molecule has 0 aliphatic carbocycles. The fourth-order valence-corrected chi connectivity index (χ4v) is 1.53. The summed E-state index contributed by atoms with van der Waals surface area (Å²) in [6.07, 6.45) is 0. The van der Waals surface area contributed by atoms with Gasteiger partial charge in [0, 0.05) is 13.8 Å². The van der Waals surface area contributed by atoms with E-state index in [1.807, 2.05) is 16.8 Å². The van der Waals surface area contributed by atoms with E-state index in [0.29, 0.717) is 20.0 Å². The molecule has 0 bridgehead atoms. The number of hydrogen-bond donors (Lipinski definition) is 1. The predicted molar refractivity (Wildman–Crippen MR) is 55.4 cm³/mol. The highest BCUT2D eigenvalue weighted by Gasteiger charge is 2.22. The number of nitrogens with zero attached hydrogens (tertiary/aromatic N) is 3. The van der Waals surface area contributed by atoms with Gasteiger partial charge in [-0.05, 0) is 7.05 Å². The van der Waals surface area contributed by atoms with E-state index < -0.39 is 0 Å². The molecule has 6 nitrogen and oxygen atoms in total. The summed E-state index contributed by atoms with van der Waals surface area (Å²) in [6, 6.07) is 0. The molecule has 0 radical (unpaired) electrons. The SMILES string of the molecule is CC(=O)NCN1CN(C)CN(C(C)=O)C1. The Labute approximate surface area is 89.8 Å². The van der Waals surface area contributed by atoms with E-state index in [0.717, 1.165) is 6.67 Å². The second kappa shape index (κ2) is 5.09. The second-order valence-corrected chi connectivity index (χ2v) is 3.90. The summed E-state index contributed by atoms with van der Waals surface area (Å²) >= 11 is 0. The Hall–Kier alpha value is -1.14. The van der Waals surface area contributed by atoms with Crippen LogP contribution in [0.1, 0.15) is 13.8 Å². The molecule has 15 heavy (non-hydrogen) atoms. The molecule has 0 aromatic carbocycles. The molecule has 1 saturated heterocycles. The maximum Gasteiger partial charge on any atom is 0.221 e. The molecule has 1 aliphatic rings. The van der Waals surface area contributed by atoms with Gasteiger partial charge in [-0.15, -0.1) is 0 Å². The minimum absolute atomic E-state index is 0.0503. The number of carbonyl (C=O) groups excluding carboxylic acids is 2. The largest absolute Gasteiger partial charge is 0.343 e. The average Bonchev–Trinajstić information content (AvgIpc) is 2.13. The van der Waals surface area contributed by atoms with Gasteiger partial charge in [0.1, 0.15) is 0 Å². The summed E-state index contributed by atoms with van der Waals surface area (Å²) < 4.78 is 0. The van der Waals surface area contributed by atoms with Crippen LogP contribution < -0.4 is 5.32 Å². The van der Waals surface area contributed by atoms with Crippen LogP contribution in [-0.2, 0) is 9.59 Å². The van der Waals surface area contributed by atoms with Gasteiger partial charge in [-0.2, -0.15) is 0 Å². The van der Waals surface area contributed by atoms with Crippen LogP contribution in [0.2, 0.25) is 0 Å². The van der Waals surface area contributed by atoms with Crippen LogP contribution in [0.4, 0.5) is 0 Å². The number of nitrogens with one attached hydrogen (secondary N) is 1. The molecule has 0 aromatic rings. The van der Waals surface area contributed by atoms with Gasteiger partial charge in [0.05, 0.1) is 26.7 Å². The van der Waals surface area contributed by atoms with Gasteiger partial charge in [-0.3, -0.25) is 19.4 Å². The predicted octanol–water partition coefficient (Wildman–Crippen LogP) is -0.952. The van der Waals surface area contributed by atoms with Crippen LogP contribution in [0.25, 0.3) is 0 Å². The Morgan fingerprint density at radius 3 is 2.40 bits per heavy atom. The lowest BCUT2D eigenvalue weighted by atomic mass is 10.5. The van der Waals surface area contributed by atoms with Gasteiger partial charge in [-0.1, -0.05) is 0 Å². The molecule has 1 fully saturated rings. The second-order valence-electron chi connectivity index (χ2n) is 3.90. The monoisotopic (exact) mass is 214 g/mol. The molecule has 86 valence electrons. The molecule has 6 heteroatoms. The molecule has 1 N–H and O–H groups in total. The number of carbonyl (C=O) groups is 2. The Morgan fingerprint density at radius 1 is 1.20 bits per heavy atom. The fourth-order valence-electron chi connectivity index (χ4n) is 1.53. The van der Waals surface area contributed by atoms with Gasteiger partial charge in [0.2, 0.25) is 11.8 Å². The third-order valence-electron chi connectivity index (χ3n) is 2.22. The Morgan fingerprint density at radius 2 is 1.87 bits per heavy atom. The molecule has 2 amide bonds. The van der Waals surface area contributed by atoms with Gasteiger partial charge in [0.15, 0.2) is 0 Å². The number of hydrogen-bond acceptors (Lipinski definition) is 4. The Bertz CT molecular complexity index is 256. The van der Waals surface area contributed by atoms with Gasteiger partial charge < -0.3 is 10.2 Å². The zero-order valence-electron chi connectivity index (χ0n) is 9.49. The first-order chi connectivity index (χ1) is 6.99. The van der Waals surface area contributed by atoms with Gasteiger partial charge in [0.25, 0.3) is 0 Å². The maximum atomic E-state index is 11.2. The fraction of sp³-hybridized carbons (Fsp3) is 0.778. The van der Waals surface area contributed by atoms with Crippen LogP contribution in [0.15, 0.2) is 0 Å². The average molecular weight is 214 g/mol. The first-order valence-corrected chi connectivity index (χ1v) is 4.90. The highest BCUT2D eigenvalue weighted by molar-refractivity contribution is 5.73. The lowest BCUT2D eigenvalue weighted by Crippen LogP contribution is -2.56. The van der Waals surface area contributed by atoms with Crippen molar-refractivity contribution in [3.63, 3.8) is 0 Å². The summed E-state index contributed by atoms with van der Waals surface area (Å²) in [5.74, 6) is -0.00743. The zero-order chi connectivity index (χ0) is 11.4. The smallest absolute Gasteiger partial charge is 0.221 e. The van der Waals surface area contributed by atoms with Crippen molar-refractivity contribution in [3.05, 3.63) is 0 Å². The van der Waals surface area contributed by atoms with Crippen molar-refractivity contribution in [2.45, 2.75) is 13.8 Å². The first kappa shape index (κ1) is 11.9. The van der Waals surface area contributed by atoms with Crippen LogP contribution in [0, 0.1) is 0 Å². The molecule has 1 heterocycles. The number of rotatable bonds is 2. The normalized spacial score (nSPS) is 19.0. The van der Waals surface area contributed by atoms with Crippen molar-refractivity contribution in [1.82, 2.24) is 20.0 Å². The summed E-state index contributed by atoms with van der Waals surface area (Å²) in [4.78, 5) is 27.7. The highest BCUT2D eigenvalue weighted by atomic mass is 16.2. The molecule has 0 saturated carbocycles. The van der Waals surface area contributed by atoms with Crippen molar-refractivity contribution >= 4 is 11.8 Å². The maximum absolute atomic E-state index is 11.2. The first-order valence-electron chi connectivity index (χ1n) is 4.90. The molecule has 1 aliphatic heterocycles. The summed E-state index contributed by atoms with van der Waals surface area (Å²) in [5.41, 5.74) is 0. The third kappa shape index (κ3) is 3.85. The van der Waals surface area contributed by atoms with Crippen molar-refractivity contribution in [3.8, 4) is 0 Å². The van der Waals surface area contributed by atoms with E-state index in [4.69, 9.17) is 0 Å². The Kier molecular flexibility index (Phi) is 4.05. The summed E-state index contributed by atoms with van der Waals surface area (Å²) in [6.45, 7) is 5.48. The Balaban J connectivity index is 2.44. The van der Waals surface area contributed by atoms with E-state index in [2.05, 4.69) is 5.32 Å². The standard InChI is InChI=1S/C9H18N4O2/c1-8(14)10-4-12-5-11(3)6-13(7-12)9(2)15/h4-7H2,1-3H3,(H,10,14). The third-order valence-corrected chi connectivity index (χ3v) is 2.22. The molecule has 0 spiro atoms. The molecule has 0 atom stereocenters. The minimum atomic E-state index is -0.0578. The van der Waals surface area contributed by atoms with Crippen molar-refractivity contribution in [2.75, 3.05) is 33.7 Å². The van der Waals surface area contributed by atoms with Crippen molar-refractivity contribution in [1.29, 1.82) is 0 Å². The topological polar surface area (TPSA) is 55.9 Å². The van der Waals surface area contributed by atoms with Crippen molar-refractivity contribution < 1.29 is 9.59 Å². The molecular weight excluding hydrogens is 196 g/mol. The lowest BCUT2D eigenvalue weighted by molar-refractivity contribution is -0.139. The van der Waals surface area contributed by atoms with Crippen molar-refractivity contribution in [2.24, 2.45) is 0 Å². The van der Waals surface area contributed by atoms with E-state index in [-0.39, 0.29) is 11.8 Å². The summed E-state index contributed by atoms with van der Waals surface area (Å²) in [5, 5.41) is 2.72. The lowest BCUT2D eigenvalue weighted by Gasteiger charge is -2.40. The van der Waals surface area contributed by atoms with E-state index in [1.54, 1.807) is 11.8 Å². The molecule has 0 aromatic heterocycles.